The van der Waals surface area contributed by atoms with Gasteiger partial charge in [-0.1, -0.05) is 6.07 Å². The number of rotatable bonds is 2. The van der Waals surface area contributed by atoms with Crippen LogP contribution in [0.15, 0.2) is 30.0 Å². The predicted molar refractivity (Wildman–Crippen MR) is 67.4 cm³/mol. The summed E-state index contributed by atoms with van der Waals surface area (Å²) in [7, 11) is 5.48. The van der Waals surface area contributed by atoms with Crippen molar-refractivity contribution in [2.24, 2.45) is 0 Å². The van der Waals surface area contributed by atoms with Crippen LogP contribution < -0.4 is 4.74 Å². The van der Waals surface area contributed by atoms with Crippen LogP contribution in [-0.2, 0) is 6.42 Å². The Morgan fingerprint density at radius 2 is 2.06 bits per heavy atom. The van der Waals surface area contributed by atoms with Gasteiger partial charge in [0.2, 0.25) is 0 Å². The number of hydrogen-bond acceptors (Lipinski definition) is 3. The Kier molecular flexibility index (Phi) is 3.18. The molecule has 1 aliphatic carbocycles. The molecule has 0 saturated carbocycles. The number of hydrogen-bond donors (Lipinski definition) is 0. The van der Waals surface area contributed by atoms with Crippen LogP contribution in [0.25, 0.3) is 0 Å². The first-order valence-electron chi connectivity index (χ1n) is 5.70. The lowest BCUT2D eigenvalue weighted by atomic mass is 9.87. The minimum atomic E-state index is 0.124. The summed E-state index contributed by atoms with van der Waals surface area (Å²) in [6.07, 6.45) is 3.64. The fraction of sp³-hybridized carbons (Fsp3) is 0.357. The highest BCUT2D eigenvalue weighted by Gasteiger charge is 2.22. The molecule has 1 aliphatic rings. The van der Waals surface area contributed by atoms with Gasteiger partial charge in [0.05, 0.1) is 7.11 Å². The molecule has 3 heteroatoms. The van der Waals surface area contributed by atoms with Crippen molar-refractivity contribution >= 4 is 5.78 Å². The number of ether oxygens (including phenoxy) is 1. The van der Waals surface area contributed by atoms with Gasteiger partial charge in [0.25, 0.3) is 0 Å². The van der Waals surface area contributed by atoms with E-state index in [0.29, 0.717) is 0 Å². The summed E-state index contributed by atoms with van der Waals surface area (Å²) in [5.74, 6) is 0.863. The quantitative estimate of drug-likeness (QED) is 0.731. The van der Waals surface area contributed by atoms with Gasteiger partial charge in [0.1, 0.15) is 5.75 Å². The Morgan fingerprint density at radius 3 is 2.71 bits per heavy atom. The van der Waals surface area contributed by atoms with E-state index in [4.69, 9.17) is 4.74 Å². The molecule has 0 saturated heterocycles. The number of benzene rings is 1. The van der Waals surface area contributed by atoms with Gasteiger partial charge in [0, 0.05) is 31.4 Å². The van der Waals surface area contributed by atoms with Crippen molar-refractivity contribution in [3.05, 3.63) is 41.1 Å². The van der Waals surface area contributed by atoms with E-state index in [0.717, 1.165) is 35.3 Å². The van der Waals surface area contributed by atoms with Crippen LogP contribution in [0.4, 0.5) is 0 Å². The Labute approximate surface area is 102 Å². The van der Waals surface area contributed by atoms with Crippen LogP contribution in [0.3, 0.4) is 0 Å². The summed E-state index contributed by atoms with van der Waals surface area (Å²) in [5.41, 5.74) is 2.77. The Bertz CT molecular complexity index is 475. The minimum Gasteiger partial charge on any atom is -0.497 e. The molecule has 0 amide bonds. The van der Waals surface area contributed by atoms with Crippen LogP contribution in [0, 0.1) is 0 Å². The number of carbonyl (C=O) groups excluding carboxylic acids is 1. The number of fused-ring (bicyclic) bond motifs is 1. The predicted octanol–water partition coefficient (Wildman–Crippen LogP) is 2.27. The first-order valence-corrected chi connectivity index (χ1v) is 5.70. The molecule has 0 aliphatic heterocycles. The van der Waals surface area contributed by atoms with E-state index in [9.17, 15) is 4.79 Å². The zero-order valence-electron chi connectivity index (χ0n) is 10.5. The van der Waals surface area contributed by atoms with Crippen LogP contribution in [0.2, 0.25) is 0 Å². The summed E-state index contributed by atoms with van der Waals surface area (Å²) in [6, 6.07) is 5.73. The maximum Gasteiger partial charge on any atom is 0.190 e. The lowest BCUT2D eigenvalue weighted by Gasteiger charge is -2.19. The van der Waals surface area contributed by atoms with Crippen molar-refractivity contribution in [1.82, 2.24) is 4.90 Å². The van der Waals surface area contributed by atoms with Gasteiger partial charge in [-0.15, -0.1) is 0 Å². The van der Waals surface area contributed by atoms with E-state index in [2.05, 4.69) is 0 Å². The second-order valence-corrected chi connectivity index (χ2v) is 4.47. The second-order valence-electron chi connectivity index (χ2n) is 4.47. The molecule has 0 fully saturated rings. The van der Waals surface area contributed by atoms with E-state index in [1.165, 1.54) is 0 Å². The highest BCUT2D eigenvalue weighted by molar-refractivity contribution is 6.10. The molecule has 0 spiro atoms. The molecule has 90 valence electrons. The number of carbonyl (C=O) groups is 1. The molecule has 0 heterocycles. The van der Waals surface area contributed by atoms with Crippen molar-refractivity contribution in [2.75, 3.05) is 21.2 Å². The normalized spacial score (nSPS) is 16.9. The van der Waals surface area contributed by atoms with Gasteiger partial charge in [-0.3, -0.25) is 4.79 Å². The number of aryl methyl sites for hydroxylation is 1. The molecule has 0 bridgehead atoms. The van der Waals surface area contributed by atoms with Gasteiger partial charge in [-0.25, -0.2) is 0 Å². The third-order valence-corrected chi connectivity index (χ3v) is 2.93. The molecule has 0 radical (unpaired) electrons. The number of nitrogens with zero attached hydrogens (tertiary/aromatic N) is 1. The fourth-order valence-corrected chi connectivity index (χ4v) is 2.10. The maximum absolute atomic E-state index is 12.3. The summed E-state index contributed by atoms with van der Waals surface area (Å²) in [6.45, 7) is 0. The van der Waals surface area contributed by atoms with Gasteiger partial charge >= 0.3 is 0 Å². The molecule has 17 heavy (non-hydrogen) atoms. The summed E-state index contributed by atoms with van der Waals surface area (Å²) >= 11 is 0. The first kappa shape index (κ1) is 11.7. The van der Waals surface area contributed by atoms with Crippen molar-refractivity contribution in [3.8, 4) is 5.75 Å². The van der Waals surface area contributed by atoms with E-state index < -0.39 is 0 Å². The van der Waals surface area contributed by atoms with Gasteiger partial charge in [0.15, 0.2) is 5.78 Å². The number of allylic oxidation sites excluding steroid dienone is 1. The van der Waals surface area contributed by atoms with Crippen LogP contribution in [0.1, 0.15) is 22.3 Å². The highest BCUT2D eigenvalue weighted by Crippen LogP contribution is 2.28. The third kappa shape index (κ3) is 2.33. The lowest BCUT2D eigenvalue weighted by Crippen LogP contribution is -2.17. The molecule has 1 aromatic carbocycles. The van der Waals surface area contributed by atoms with Crippen molar-refractivity contribution in [1.29, 1.82) is 0 Å². The van der Waals surface area contributed by atoms with Gasteiger partial charge in [-0.2, -0.15) is 0 Å². The lowest BCUT2D eigenvalue weighted by molar-refractivity contribution is 0.102. The largest absolute Gasteiger partial charge is 0.497 e. The monoisotopic (exact) mass is 231 g/mol. The summed E-state index contributed by atoms with van der Waals surface area (Å²) in [4.78, 5) is 14.2. The molecule has 0 N–H and O–H groups in total. The molecule has 1 aromatic rings. The van der Waals surface area contributed by atoms with E-state index in [1.54, 1.807) is 7.11 Å². The van der Waals surface area contributed by atoms with E-state index in [1.807, 2.05) is 43.4 Å². The number of Topliss-reactive ketones (excluding diaryl/α,β-unsaturated/α-hetero) is 1. The average Bonchev–Trinajstić information content (AvgIpc) is 2.32. The Hall–Kier alpha value is -1.77. The summed E-state index contributed by atoms with van der Waals surface area (Å²) < 4.78 is 5.16. The van der Waals surface area contributed by atoms with Crippen molar-refractivity contribution in [3.63, 3.8) is 0 Å². The zero-order valence-corrected chi connectivity index (χ0v) is 10.5. The van der Waals surface area contributed by atoms with Crippen LogP contribution in [-0.4, -0.2) is 31.9 Å². The molecule has 0 aromatic heterocycles. The van der Waals surface area contributed by atoms with Crippen molar-refractivity contribution < 1.29 is 9.53 Å². The molecular weight excluding hydrogens is 214 g/mol. The molecule has 2 rings (SSSR count). The first-order chi connectivity index (χ1) is 8.11. The van der Waals surface area contributed by atoms with Gasteiger partial charge in [-0.05, 0) is 30.5 Å². The number of ketones is 1. The van der Waals surface area contributed by atoms with Crippen LogP contribution in [0.5, 0.6) is 5.75 Å². The highest BCUT2D eigenvalue weighted by atomic mass is 16.5. The Balaban J connectivity index is 2.40. The maximum atomic E-state index is 12.3. The average molecular weight is 231 g/mol. The minimum absolute atomic E-state index is 0.124. The zero-order chi connectivity index (χ0) is 12.4. The van der Waals surface area contributed by atoms with E-state index >= 15 is 0 Å². The molecular formula is C14H17NO2. The number of methoxy groups -OCH3 is 1. The fourth-order valence-electron chi connectivity index (χ4n) is 2.10. The second kappa shape index (κ2) is 4.62. The Morgan fingerprint density at radius 1 is 1.29 bits per heavy atom. The third-order valence-electron chi connectivity index (χ3n) is 2.93. The topological polar surface area (TPSA) is 29.5 Å². The molecule has 0 atom stereocenters. The standard InChI is InChI=1S/C14H17NO2/c1-15(2)9-11-5-4-10-6-7-12(17-3)8-13(10)14(11)16/h6-9H,4-5H2,1-3H3/b11-9-. The smallest absolute Gasteiger partial charge is 0.190 e. The molecule has 3 nitrogen and oxygen atoms in total. The summed E-state index contributed by atoms with van der Waals surface area (Å²) in [5, 5.41) is 0. The van der Waals surface area contributed by atoms with E-state index in [-0.39, 0.29) is 5.78 Å². The van der Waals surface area contributed by atoms with Crippen molar-refractivity contribution in [2.45, 2.75) is 12.8 Å². The van der Waals surface area contributed by atoms with Crippen LogP contribution >= 0.6 is 0 Å². The van der Waals surface area contributed by atoms with Gasteiger partial charge < -0.3 is 9.64 Å². The molecule has 0 unspecified atom stereocenters. The SMILES string of the molecule is COc1ccc2c(c1)C(=O)/C(=C\N(C)C)CC2.